The number of nitrogens with one attached hydrogen (secondary N) is 1. The van der Waals surface area contributed by atoms with E-state index < -0.39 is 17.9 Å². The van der Waals surface area contributed by atoms with E-state index in [0.29, 0.717) is 5.56 Å². The molecular formula is C16H16F4N2OS. The molecule has 1 saturated heterocycles. The molecule has 1 aliphatic rings. The van der Waals surface area contributed by atoms with Crippen molar-refractivity contribution >= 4 is 11.3 Å². The molecule has 0 saturated carbocycles. The molecule has 3 nitrogen and oxygen atoms in total. The average Bonchev–Trinajstić information content (AvgIpc) is 3.04. The van der Waals surface area contributed by atoms with Crippen LogP contribution in [0.2, 0.25) is 0 Å². The second-order valence-corrected chi connectivity index (χ2v) is 6.26. The molecule has 0 aliphatic carbocycles. The van der Waals surface area contributed by atoms with E-state index in [9.17, 15) is 17.6 Å². The highest BCUT2D eigenvalue weighted by Crippen LogP contribution is 2.34. The van der Waals surface area contributed by atoms with E-state index >= 15 is 0 Å². The van der Waals surface area contributed by atoms with Gasteiger partial charge >= 0.3 is 6.36 Å². The Bertz CT molecular complexity index is 669. The van der Waals surface area contributed by atoms with E-state index in [1.165, 1.54) is 17.4 Å². The summed E-state index contributed by atoms with van der Waals surface area (Å²) in [6.07, 6.45) is -4.91. The Morgan fingerprint density at radius 1 is 1.12 bits per heavy atom. The maximum absolute atomic E-state index is 14.1. The van der Waals surface area contributed by atoms with Crippen LogP contribution in [0.4, 0.5) is 17.6 Å². The summed E-state index contributed by atoms with van der Waals surface area (Å²) >= 11 is 1.53. The molecule has 0 amide bonds. The van der Waals surface area contributed by atoms with Crippen molar-refractivity contribution in [3.63, 3.8) is 0 Å². The lowest BCUT2D eigenvalue weighted by Gasteiger charge is -2.35. The topological polar surface area (TPSA) is 24.5 Å². The van der Waals surface area contributed by atoms with Gasteiger partial charge in [0, 0.05) is 26.2 Å². The summed E-state index contributed by atoms with van der Waals surface area (Å²) in [5.41, 5.74) is 1.62. The molecule has 1 aromatic heterocycles. The molecule has 0 bridgehead atoms. The normalized spacial score (nSPS) is 17.7. The highest BCUT2D eigenvalue weighted by molar-refractivity contribution is 7.08. The summed E-state index contributed by atoms with van der Waals surface area (Å²) in [5, 5.41) is 7.16. The molecule has 24 heavy (non-hydrogen) atoms. The first-order valence-corrected chi connectivity index (χ1v) is 8.40. The zero-order valence-corrected chi connectivity index (χ0v) is 13.5. The Morgan fingerprint density at radius 2 is 1.88 bits per heavy atom. The molecule has 2 aromatic rings. The average molecular weight is 360 g/mol. The fourth-order valence-corrected chi connectivity index (χ4v) is 3.56. The minimum atomic E-state index is -4.91. The molecule has 2 heterocycles. The number of thiophene rings is 1. The van der Waals surface area contributed by atoms with Crippen molar-refractivity contribution in [1.82, 2.24) is 10.2 Å². The number of nitrogens with zero attached hydrogens (tertiary/aromatic N) is 1. The summed E-state index contributed by atoms with van der Waals surface area (Å²) in [6, 6.07) is 5.43. The Balaban J connectivity index is 1.91. The zero-order chi connectivity index (χ0) is 17.2. The number of hydrogen-bond donors (Lipinski definition) is 1. The van der Waals surface area contributed by atoms with Gasteiger partial charge in [0.2, 0.25) is 0 Å². The first kappa shape index (κ1) is 17.2. The fourth-order valence-electron chi connectivity index (χ4n) is 2.88. The highest BCUT2D eigenvalue weighted by atomic mass is 32.1. The molecule has 1 aliphatic heterocycles. The maximum atomic E-state index is 14.1. The van der Waals surface area contributed by atoms with Gasteiger partial charge in [-0.05, 0) is 40.1 Å². The monoisotopic (exact) mass is 360 g/mol. The van der Waals surface area contributed by atoms with Crippen LogP contribution >= 0.6 is 11.3 Å². The van der Waals surface area contributed by atoms with Crippen LogP contribution in [0.15, 0.2) is 35.0 Å². The van der Waals surface area contributed by atoms with Crippen LogP contribution in [0, 0.1) is 5.82 Å². The van der Waals surface area contributed by atoms with Crippen LogP contribution in [-0.4, -0.2) is 37.4 Å². The lowest BCUT2D eigenvalue weighted by Crippen LogP contribution is -2.45. The molecular weight excluding hydrogens is 344 g/mol. The molecule has 1 fully saturated rings. The van der Waals surface area contributed by atoms with Crippen molar-refractivity contribution in [3.05, 3.63) is 52.0 Å². The van der Waals surface area contributed by atoms with Gasteiger partial charge in [0.05, 0.1) is 6.04 Å². The van der Waals surface area contributed by atoms with Crippen LogP contribution in [0.25, 0.3) is 0 Å². The van der Waals surface area contributed by atoms with Gasteiger partial charge in [-0.15, -0.1) is 13.2 Å². The number of piperazine rings is 1. The third kappa shape index (κ3) is 4.06. The van der Waals surface area contributed by atoms with Crippen LogP contribution in [0.3, 0.4) is 0 Å². The van der Waals surface area contributed by atoms with E-state index in [-0.39, 0.29) is 6.04 Å². The van der Waals surface area contributed by atoms with Gasteiger partial charge in [0.1, 0.15) is 0 Å². The van der Waals surface area contributed by atoms with E-state index in [2.05, 4.69) is 15.0 Å². The lowest BCUT2D eigenvalue weighted by atomic mass is 9.98. The standard InChI is InChI=1S/C16H16F4N2OS/c17-13-9-11(1-2-14(13)23-16(18,19)20)15(12-3-8-24-10-12)22-6-4-21-5-7-22/h1-3,8-10,15,21H,4-7H2/t15-/m1/s1. The molecule has 0 spiro atoms. The SMILES string of the molecule is Fc1cc([C@H](c2ccsc2)N2CCNCC2)ccc1OC(F)(F)F. The van der Waals surface area contributed by atoms with Crippen molar-refractivity contribution < 1.29 is 22.3 Å². The van der Waals surface area contributed by atoms with Gasteiger partial charge in [-0.25, -0.2) is 4.39 Å². The number of halogens is 4. The summed E-state index contributed by atoms with van der Waals surface area (Å²) in [7, 11) is 0. The lowest BCUT2D eigenvalue weighted by molar-refractivity contribution is -0.275. The van der Waals surface area contributed by atoms with E-state index in [1.807, 2.05) is 16.8 Å². The number of rotatable bonds is 4. The largest absolute Gasteiger partial charge is 0.573 e. The molecule has 0 unspecified atom stereocenters. The van der Waals surface area contributed by atoms with Gasteiger partial charge in [0.25, 0.3) is 0 Å². The third-order valence-corrected chi connectivity index (χ3v) is 4.57. The summed E-state index contributed by atoms with van der Waals surface area (Å²) in [4.78, 5) is 2.19. The first-order valence-electron chi connectivity index (χ1n) is 7.46. The number of ether oxygens (including phenoxy) is 1. The molecule has 0 radical (unpaired) electrons. The second kappa shape index (κ2) is 7.08. The number of benzene rings is 1. The van der Waals surface area contributed by atoms with Gasteiger partial charge in [0.15, 0.2) is 11.6 Å². The van der Waals surface area contributed by atoms with E-state index in [4.69, 9.17) is 0 Å². The number of hydrogen-bond acceptors (Lipinski definition) is 4. The Labute approximate surface area is 140 Å². The van der Waals surface area contributed by atoms with Gasteiger partial charge in [-0.2, -0.15) is 11.3 Å². The zero-order valence-electron chi connectivity index (χ0n) is 12.6. The van der Waals surface area contributed by atoms with Gasteiger partial charge in [-0.1, -0.05) is 6.07 Å². The fraction of sp³-hybridized carbons (Fsp3) is 0.375. The van der Waals surface area contributed by atoms with Crippen LogP contribution in [0.1, 0.15) is 17.2 Å². The van der Waals surface area contributed by atoms with Crippen molar-refractivity contribution in [2.24, 2.45) is 0 Å². The van der Waals surface area contributed by atoms with Gasteiger partial charge in [-0.3, -0.25) is 4.90 Å². The Kier molecular flexibility index (Phi) is 5.07. The molecule has 1 aromatic carbocycles. The highest BCUT2D eigenvalue weighted by Gasteiger charge is 2.33. The van der Waals surface area contributed by atoms with Crippen LogP contribution < -0.4 is 10.1 Å². The Hall–Kier alpha value is -1.64. The van der Waals surface area contributed by atoms with Crippen molar-refractivity contribution in [1.29, 1.82) is 0 Å². The molecule has 130 valence electrons. The predicted molar refractivity (Wildman–Crippen MR) is 83.7 cm³/mol. The minimum absolute atomic E-state index is 0.187. The van der Waals surface area contributed by atoms with E-state index in [0.717, 1.165) is 43.9 Å². The molecule has 1 atom stereocenters. The van der Waals surface area contributed by atoms with Crippen molar-refractivity contribution in [2.45, 2.75) is 12.4 Å². The van der Waals surface area contributed by atoms with Crippen molar-refractivity contribution in [2.75, 3.05) is 26.2 Å². The smallest absolute Gasteiger partial charge is 0.403 e. The van der Waals surface area contributed by atoms with Crippen LogP contribution in [-0.2, 0) is 0 Å². The second-order valence-electron chi connectivity index (χ2n) is 5.48. The summed E-state index contributed by atoms with van der Waals surface area (Å²) in [6.45, 7) is 3.20. The summed E-state index contributed by atoms with van der Waals surface area (Å²) in [5.74, 6) is -1.82. The minimum Gasteiger partial charge on any atom is -0.403 e. The van der Waals surface area contributed by atoms with Crippen LogP contribution in [0.5, 0.6) is 5.75 Å². The third-order valence-electron chi connectivity index (χ3n) is 3.87. The number of alkyl halides is 3. The predicted octanol–water partition coefficient (Wildman–Crippen LogP) is 3.78. The van der Waals surface area contributed by atoms with E-state index in [1.54, 1.807) is 0 Å². The molecule has 3 rings (SSSR count). The molecule has 8 heteroatoms. The quantitative estimate of drug-likeness (QED) is 0.840. The van der Waals surface area contributed by atoms with Gasteiger partial charge < -0.3 is 10.1 Å². The van der Waals surface area contributed by atoms with Crippen molar-refractivity contribution in [3.8, 4) is 5.75 Å². The Morgan fingerprint density at radius 3 is 2.46 bits per heavy atom. The summed E-state index contributed by atoms with van der Waals surface area (Å²) < 4.78 is 54.7. The maximum Gasteiger partial charge on any atom is 0.573 e. The molecule has 1 N–H and O–H groups in total. The first-order chi connectivity index (χ1) is 11.4.